The molecule has 16 heavy (non-hydrogen) atoms. The maximum atomic E-state index is 10.6. The van der Waals surface area contributed by atoms with Crippen LogP contribution >= 0.6 is 24.0 Å². The van der Waals surface area contributed by atoms with Crippen LogP contribution in [0.5, 0.6) is 0 Å². The number of carbonyl (C=O) groups is 1. The summed E-state index contributed by atoms with van der Waals surface area (Å²) in [6, 6.07) is 9.89. The predicted molar refractivity (Wildman–Crippen MR) is 70.4 cm³/mol. The summed E-state index contributed by atoms with van der Waals surface area (Å²) in [5.74, 6) is -0.925. The van der Waals surface area contributed by atoms with Crippen molar-refractivity contribution in [1.29, 1.82) is 0 Å². The van der Waals surface area contributed by atoms with Crippen LogP contribution in [0.2, 0.25) is 0 Å². The Hall–Kier alpha value is -1.13. The van der Waals surface area contributed by atoms with E-state index in [0.717, 1.165) is 14.7 Å². The first-order valence-corrected chi connectivity index (χ1v) is 6.10. The summed E-state index contributed by atoms with van der Waals surface area (Å²) >= 11 is 6.68. The van der Waals surface area contributed by atoms with Gasteiger partial charge in [0, 0.05) is 10.8 Å². The first-order valence-electron chi connectivity index (χ1n) is 4.87. The number of hydrogen-bond donors (Lipinski definition) is 1. The van der Waals surface area contributed by atoms with Gasteiger partial charge in [0.25, 0.3) is 0 Å². The average molecular weight is 250 g/mol. The molecule has 4 heteroatoms. The zero-order chi connectivity index (χ0) is 11.5. The van der Waals surface area contributed by atoms with E-state index < -0.39 is 5.97 Å². The van der Waals surface area contributed by atoms with Gasteiger partial charge < -0.3 is 5.11 Å². The average Bonchev–Trinajstić information content (AvgIpc) is 2.61. The predicted octanol–water partition coefficient (Wildman–Crippen LogP) is 3.19. The second kappa shape index (κ2) is 4.80. The molecule has 2 nitrogen and oxygen atoms in total. The van der Waals surface area contributed by atoms with Crippen molar-refractivity contribution in [2.75, 3.05) is 0 Å². The van der Waals surface area contributed by atoms with Gasteiger partial charge >= 0.3 is 5.97 Å². The molecular weight excluding hydrogens is 240 g/mol. The highest BCUT2D eigenvalue weighted by Crippen LogP contribution is 2.40. The van der Waals surface area contributed by atoms with Crippen LogP contribution in [-0.4, -0.2) is 15.3 Å². The highest BCUT2D eigenvalue weighted by atomic mass is 32.2. The minimum atomic E-state index is -0.807. The van der Waals surface area contributed by atoms with Crippen LogP contribution in [0.4, 0.5) is 0 Å². The minimum Gasteiger partial charge on any atom is -0.481 e. The summed E-state index contributed by atoms with van der Waals surface area (Å²) in [6.45, 7) is 0. The molecule has 0 radical (unpaired) electrons. The molecule has 1 heterocycles. The van der Waals surface area contributed by atoms with E-state index in [2.05, 4.69) is 0 Å². The molecule has 0 aromatic heterocycles. The first-order chi connectivity index (χ1) is 7.66. The summed E-state index contributed by atoms with van der Waals surface area (Å²) in [5.41, 5.74) is 1.10. The van der Waals surface area contributed by atoms with Gasteiger partial charge in [0.15, 0.2) is 0 Å². The number of thioether (sulfide) groups is 1. The summed E-state index contributed by atoms with van der Waals surface area (Å²) in [6.07, 6.45) is 2.04. The van der Waals surface area contributed by atoms with Crippen LogP contribution in [0.15, 0.2) is 36.4 Å². The lowest BCUT2D eigenvalue weighted by Gasteiger charge is -2.01. The van der Waals surface area contributed by atoms with Crippen molar-refractivity contribution < 1.29 is 9.90 Å². The summed E-state index contributed by atoms with van der Waals surface area (Å²) in [5, 5.41) is 8.75. The fourth-order valence-corrected chi connectivity index (χ4v) is 2.98. The second-order valence-electron chi connectivity index (χ2n) is 3.52. The van der Waals surface area contributed by atoms with E-state index in [1.54, 1.807) is 0 Å². The standard InChI is InChI=1S/C12H10O2S2/c13-11(14)7-9-6-10(16-12(9)15)8-4-2-1-3-5-8/h1-6,9H,7H2,(H,13,14). The van der Waals surface area contributed by atoms with Crippen LogP contribution in [0.3, 0.4) is 0 Å². The van der Waals surface area contributed by atoms with Crippen LogP contribution < -0.4 is 0 Å². The molecule has 0 aliphatic carbocycles. The quantitative estimate of drug-likeness (QED) is 0.836. The number of allylic oxidation sites excluding steroid dienone is 1. The number of carboxylic acids is 1. The maximum Gasteiger partial charge on any atom is 0.304 e. The molecule has 2 rings (SSSR count). The lowest BCUT2D eigenvalue weighted by molar-refractivity contribution is -0.137. The van der Waals surface area contributed by atoms with E-state index >= 15 is 0 Å². The fraction of sp³-hybridized carbons (Fsp3) is 0.167. The van der Waals surface area contributed by atoms with Crippen molar-refractivity contribution in [3.8, 4) is 0 Å². The molecule has 0 saturated carbocycles. The topological polar surface area (TPSA) is 37.3 Å². The molecular formula is C12H10O2S2. The minimum absolute atomic E-state index is 0.0855. The molecule has 1 aliphatic rings. The van der Waals surface area contributed by atoms with Gasteiger partial charge in [-0.05, 0) is 5.56 Å². The number of thiocarbonyl (C=S) groups is 1. The smallest absolute Gasteiger partial charge is 0.304 e. The monoisotopic (exact) mass is 250 g/mol. The van der Waals surface area contributed by atoms with Crippen molar-refractivity contribution in [2.24, 2.45) is 5.92 Å². The van der Waals surface area contributed by atoms with Crippen molar-refractivity contribution in [3.05, 3.63) is 42.0 Å². The van der Waals surface area contributed by atoms with Gasteiger partial charge in [0.2, 0.25) is 0 Å². The van der Waals surface area contributed by atoms with Crippen molar-refractivity contribution in [2.45, 2.75) is 6.42 Å². The third kappa shape index (κ3) is 2.51. The zero-order valence-corrected chi connectivity index (χ0v) is 10.1. The summed E-state index contributed by atoms with van der Waals surface area (Å²) in [4.78, 5) is 11.7. The lowest BCUT2D eigenvalue weighted by Crippen LogP contribution is -2.08. The van der Waals surface area contributed by atoms with E-state index in [0.29, 0.717) is 0 Å². The number of carboxylic acid groups (broad SMARTS) is 1. The maximum absolute atomic E-state index is 10.6. The van der Waals surface area contributed by atoms with Crippen LogP contribution in [0.25, 0.3) is 4.91 Å². The Bertz CT molecular complexity index is 451. The van der Waals surface area contributed by atoms with Gasteiger partial charge in [-0.1, -0.05) is 60.4 Å². The zero-order valence-electron chi connectivity index (χ0n) is 8.42. The van der Waals surface area contributed by atoms with Gasteiger partial charge in [-0.2, -0.15) is 0 Å². The molecule has 0 bridgehead atoms. The van der Waals surface area contributed by atoms with Gasteiger partial charge in [-0.3, -0.25) is 4.79 Å². The molecule has 1 N–H and O–H groups in total. The Morgan fingerprint density at radius 1 is 1.38 bits per heavy atom. The van der Waals surface area contributed by atoms with Crippen molar-refractivity contribution in [1.82, 2.24) is 0 Å². The summed E-state index contributed by atoms with van der Waals surface area (Å²) in [7, 11) is 0. The number of rotatable bonds is 3. The van der Waals surface area contributed by atoms with Crippen molar-refractivity contribution >= 4 is 39.1 Å². The van der Waals surface area contributed by atoms with Gasteiger partial charge in [-0.15, -0.1) is 0 Å². The molecule has 1 aliphatic heterocycles. The van der Waals surface area contributed by atoms with Crippen LogP contribution in [0, 0.1) is 5.92 Å². The third-order valence-corrected chi connectivity index (χ3v) is 3.97. The van der Waals surface area contributed by atoms with Crippen molar-refractivity contribution in [3.63, 3.8) is 0 Å². The highest BCUT2D eigenvalue weighted by Gasteiger charge is 2.25. The Kier molecular flexibility index (Phi) is 3.41. The number of aliphatic carboxylic acids is 1. The molecule has 1 aromatic rings. The van der Waals surface area contributed by atoms with E-state index in [-0.39, 0.29) is 12.3 Å². The van der Waals surface area contributed by atoms with E-state index in [4.69, 9.17) is 17.3 Å². The van der Waals surface area contributed by atoms with Gasteiger partial charge in [-0.25, -0.2) is 0 Å². The second-order valence-corrected chi connectivity index (χ2v) is 5.30. The lowest BCUT2D eigenvalue weighted by atomic mass is 10.1. The van der Waals surface area contributed by atoms with E-state index in [9.17, 15) is 4.79 Å². The van der Waals surface area contributed by atoms with Crippen LogP contribution in [-0.2, 0) is 4.79 Å². The molecule has 1 aromatic carbocycles. The number of hydrogen-bond acceptors (Lipinski definition) is 3. The Morgan fingerprint density at radius 2 is 2.06 bits per heavy atom. The van der Waals surface area contributed by atoms with E-state index in [1.165, 1.54) is 11.8 Å². The molecule has 1 atom stereocenters. The SMILES string of the molecule is O=C(O)CC1C=C(c2ccccc2)SC1=S. The molecule has 0 spiro atoms. The summed E-state index contributed by atoms with van der Waals surface area (Å²) < 4.78 is 0.751. The molecule has 0 fully saturated rings. The Morgan fingerprint density at radius 3 is 2.69 bits per heavy atom. The third-order valence-electron chi connectivity index (χ3n) is 2.32. The molecule has 0 amide bonds. The highest BCUT2D eigenvalue weighted by molar-refractivity contribution is 8.29. The largest absolute Gasteiger partial charge is 0.481 e. The van der Waals surface area contributed by atoms with Gasteiger partial charge in [0.05, 0.1) is 10.6 Å². The molecule has 0 saturated heterocycles. The molecule has 1 unspecified atom stereocenters. The molecule has 82 valence electrons. The van der Waals surface area contributed by atoms with Crippen LogP contribution in [0.1, 0.15) is 12.0 Å². The normalized spacial score (nSPS) is 19.6. The number of benzene rings is 1. The first kappa shape index (κ1) is 11.4. The Labute approximate surface area is 103 Å². The van der Waals surface area contributed by atoms with Gasteiger partial charge in [0.1, 0.15) is 0 Å². The van der Waals surface area contributed by atoms with E-state index in [1.807, 2.05) is 36.4 Å². The fourth-order valence-electron chi connectivity index (χ4n) is 1.56. The Balaban J connectivity index is 2.20.